The Morgan fingerprint density at radius 2 is 2.00 bits per heavy atom. The molecule has 0 radical (unpaired) electrons. The van der Waals surface area contributed by atoms with Crippen LogP contribution in [0.25, 0.3) is 0 Å². The average Bonchev–Trinajstić information content (AvgIpc) is 2.59. The molecule has 0 heterocycles. The second kappa shape index (κ2) is 10.5. The Balaban J connectivity index is 1.66. The van der Waals surface area contributed by atoms with Crippen LogP contribution >= 0.6 is 0 Å². The third-order valence-corrected chi connectivity index (χ3v) is 6.11. The lowest BCUT2D eigenvalue weighted by molar-refractivity contribution is 0.281. The zero-order valence-corrected chi connectivity index (χ0v) is 17.4. The number of sulfonamides is 1. The second-order valence-corrected chi connectivity index (χ2v) is 8.95. The molecule has 0 saturated heterocycles. The van der Waals surface area contributed by atoms with E-state index in [-0.39, 0.29) is 5.75 Å². The van der Waals surface area contributed by atoms with E-state index in [1.54, 1.807) is 7.05 Å². The van der Waals surface area contributed by atoms with Gasteiger partial charge in [-0.25, -0.2) is 13.1 Å². The fourth-order valence-electron chi connectivity index (χ4n) is 2.74. The van der Waals surface area contributed by atoms with Gasteiger partial charge in [-0.15, -0.1) is 0 Å². The number of aliphatic imine (C=N–C) groups is 1. The summed E-state index contributed by atoms with van der Waals surface area (Å²) in [4.78, 5) is 6.12. The van der Waals surface area contributed by atoms with Crippen molar-refractivity contribution >= 4 is 16.0 Å². The van der Waals surface area contributed by atoms with Crippen molar-refractivity contribution in [3.63, 3.8) is 0 Å². The van der Waals surface area contributed by atoms with E-state index in [0.717, 1.165) is 18.6 Å². The summed E-state index contributed by atoms with van der Waals surface area (Å²) in [5, 5.41) is 3.10. The number of benzene rings is 1. The molecule has 0 aliphatic heterocycles. The molecule has 1 aromatic carbocycles. The van der Waals surface area contributed by atoms with Crippen molar-refractivity contribution in [3.8, 4) is 5.75 Å². The number of hydrogen-bond donors (Lipinski definition) is 2. The normalized spacial score (nSPS) is 15.3. The summed E-state index contributed by atoms with van der Waals surface area (Å²) in [5.41, 5.74) is 1.20. The van der Waals surface area contributed by atoms with Crippen molar-refractivity contribution in [3.05, 3.63) is 29.8 Å². The molecule has 0 spiro atoms. The van der Waals surface area contributed by atoms with Gasteiger partial charge in [0, 0.05) is 27.2 Å². The molecule has 2 rings (SSSR count). The molecule has 2 N–H and O–H groups in total. The van der Waals surface area contributed by atoms with Gasteiger partial charge in [-0.3, -0.25) is 4.99 Å². The lowest BCUT2D eigenvalue weighted by Gasteiger charge is -2.25. The highest BCUT2D eigenvalue weighted by Crippen LogP contribution is 2.25. The molecule has 1 aliphatic carbocycles. The number of rotatable bonds is 10. The van der Waals surface area contributed by atoms with Gasteiger partial charge in [-0.05, 0) is 37.8 Å². The van der Waals surface area contributed by atoms with Gasteiger partial charge < -0.3 is 15.0 Å². The fraction of sp³-hybridized carbons (Fsp3) is 0.632. The standard InChI is InChI=1S/C19H32N4O3S/c1-16-7-9-18(10-8-16)26-13-12-23(3)19(20-2)21-11-14-27(24,25)22-15-17-5-4-6-17/h7-10,17,22H,4-6,11-15H2,1-3H3,(H,20,21). The van der Waals surface area contributed by atoms with E-state index in [9.17, 15) is 8.42 Å². The van der Waals surface area contributed by atoms with Gasteiger partial charge in [0.15, 0.2) is 5.96 Å². The molecular formula is C19H32N4O3S. The van der Waals surface area contributed by atoms with Crippen molar-refractivity contribution < 1.29 is 13.2 Å². The first-order valence-electron chi connectivity index (χ1n) is 9.48. The molecule has 0 aromatic heterocycles. The highest BCUT2D eigenvalue weighted by Gasteiger charge is 2.20. The first-order chi connectivity index (χ1) is 12.9. The van der Waals surface area contributed by atoms with Gasteiger partial charge in [-0.2, -0.15) is 0 Å². The summed E-state index contributed by atoms with van der Waals surface area (Å²) in [6, 6.07) is 7.92. The highest BCUT2D eigenvalue weighted by molar-refractivity contribution is 7.89. The molecular weight excluding hydrogens is 364 g/mol. The average molecular weight is 397 g/mol. The minimum absolute atomic E-state index is 0.0342. The molecule has 27 heavy (non-hydrogen) atoms. The smallest absolute Gasteiger partial charge is 0.213 e. The van der Waals surface area contributed by atoms with Crippen LogP contribution in [0.4, 0.5) is 0 Å². The molecule has 0 bridgehead atoms. The zero-order chi connectivity index (χ0) is 19.7. The summed E-state index contributed by atoms with van der Waals surface area (Å²) in [6.45, 7) is 4.07. The maximum atomic E-state index is 12.0. The summed E-state index contributed by atoms with van der Waals surface area (Å²) in [5.74, 6) is 2.03. The van der Waals surface area contributed by atoms with Crippen LogP contribution in [0.15, 0.2) is 29.3 Å². The van der Waals surface area contributed by atoms with Crippen molar-refractivity contribution in [2.45, 2.75) is 26.2 Å². The molecule has 0 amide bonds. The first kappa shape index (κ1) is 21.5. The summed E-state index contributed by atoms with van der Waals surface area (Å²) >= 11 is 0. The summed E-state index contributed by atoms with van der Waals surface area (Å²) in [7, 11) is 0.334. The Kier molecular flexibility index (Phi) is 8.37. The predicted octanol–water partition coefficient (Wildman–Crippen LogP) is 1.60. The van der Waals surface area contributed by atoms with E-state index >= 15 is 0 Å². The number of guanidine groups is 1. The van der Waals surface area contributed by atoms with Crippen LogP contribution in [0.5, 0.6) is 5.75 Å². The number of hydrogen-bond acceptors (Lipinski definition) is 4. The minimum atomic E-state index is -3.25. The van der Waals surface area contributed by atoms with Crippen LogP contribution < -0.4 is 14.8 Å². The number of nitrogens with zero attached hydrogens (tertiary/aromatic N) is 2. The van der Waals surface area contributed by atoms with Gasteiger partial charge in [0.1, 0.15) is 12.4 Å². The lowest BCUT2D eigenvalue weighted by Crippen LogP contribution is -2.44. The quantitative estimate of drug-likeness (QED) is 0.464. The molecule has 1 fully saturated rings. The van der Waals surface area contributed by atoms with Gasteiger partial charge in [0.05, 0.1) is 12.3 Å². The first-order valence-corrected chi connectivity index (χ1v) is 11.1. The maximum absolute atomic E-state index is 12.0. The largest absolute Gasteiger partial charge is 0.492 e. The summed E-state index contributed by atoms with van der Waals surface area (Å²) in [6.07, 6.45) is 3.47. The fourth-order valence-corrected chi connectivity index (χ4v) is 3.74. The number of ether oxygens (including phenoxy) is 1. The lowest BCUT2D eigenvalue weighted by atomic mass is 9.86. The van der Waals surface area contributed by atoms with E-state index in [1.165, 1.54) is 12.0 Å². The highest BCUT2D eigenvalue weighted by atomic mass is 32.2. The third-order valence-electron chi connectivity index (χ3n) is 4.76. The monoisotopic (exact) mass is 396 g/mol. The van der Waals surface area contributed by atoms with Crippen LogP contribution in [0.1, 0.15) is 24.8 Å². The van der Waals surface area contributed by atoms with Gasteiger partial charge in [-0.1, -0.05) is 24.1 Å². The van der Waals surface area contributed by atoms with E-state index < -0.39 is 10.0 Å². The zero-order valence-electron chi connectivity index (χ0n) is 16.6. The van der Waals surface area contributed by atoms with Crippen molar-refractivity contribution in [2.24, 2.45) is 10.9 Å². The minimum Gasteiger partial charge on any atom is -0.492 e. The summed E-state index contributed by atoms with van der Waals surface area (Å²) < 4.78 is 32.5. The predicted molar refractivity (Wildman–Crippen MR) is 110 cm³/mol. The van der Waals surface area contributed by atoms with Crippen molar-refractivity contribution in [1.29, 1.82) is 0 Å². The molecule has 1 aliphatic rings. The number of aryl methyl sites for hydroxylation is 1. The third kappa shape index (κ3) is 7.76. The Morgan fingerprint density at radius 3 is 2.59 bits per heavy atom. The van der Waals surface area contributed by atoms with Crippen LogP contribution in [0, 0.1) is 12.8 Å². The van der Waals surface area contributed by atoms with E-state index in [0.29, 0.717) is 38.1 Å². The molecule has 0 atom stereocenters. The van der Waals surface area contributed by atoms with Crippen LogP contribution in [-0.2, 0) is 10.0 Å². The van der Waals surface area contributed by atoms with Gasteiger partial charge in [0.25, 0.3) is 0 Å². The van der Waals surface area contributed by atoms with Crippen LogP contribution in [0.3, 0.4) is 0 Å². The number of nitrogens with one attached hydrogen (secondary N) is 2. The van der Waals surface area contributed by atoms with E-state index in [4.69, 9.17) is 4.74 Å². The molecule has 8 heteroatoms. The second-order valence-electron chi connectivity index (χ2n) is 7.02. The molecule has 0 unspecified atom stereocenters. The SMILES string of the molecule is CN=C(NCCS(=O)(=O)NCC1CCC1)N(C)CCOc1ccc(C)cc1. The van der Waals surface area contributed by atoms with E-state index in [1.807, 2.05) is 43.1 Å². The maximum Gasteiger partial charge on any atom is 0.213 e. The molecule has 1 saturated carbocycles. The Morgan fingerprint density at radius 1 is 1.30 bits per heavy atom. The van der Waals surface area contributed by atoms with E-state index in [2.05, 4.69) is 15.0 Å². The van der Waals surface area contributed by atoms with Gasteiger partial charge >= 0.3 is 0 Å². The molecule has 1 aromatic rings. The Hall–Kier alpha value is -1.80. The molecule has 152 valence electrons. The van der Waals surface area contributed by atoms with Crippen LogP contribution in [-0.4, -0.2) is 65.4 Å². The van der Waals surface area contributed by atoms with Crippen molar-refractivity contribution in [1.82, 2.24) is 14.9 Å². The Labute approximate surface area is 163 Å². The van der Waals surface area contributed by atoms with Gasteiger partial charge in [0.2, 0.25) is 10.0 Å². The topological polar surface area (TPSA) is 83.0 Å². The molecule has 7 nitrogen and oxygen atoms in total. The van der Waals surface area contributed by atoms with Crippen LogP contribution in [0.2, 0.25) is 0 Å². The Bertz CT molecular complexity index is 700. The number of likely N-dealkylation sites (N-methyl/N-ethyl adjacent to an activating group) is 1. The van der Waals surface area contributed by atoms with Crippen molar-refractivity contribution in [2.75, 3.05) is 46.1 Å².